The molecular weight excluding hydrogens is 218 g/mol. The summed E-state index contributed by atoms with van der Waals surface area (Å²) in [7, 11) is 0. The van der Waals surface area contributed by atoms with Crippen molar-refractivity contribution < 1.29 is 14.7 Å². The van der Waals surface area contributed by atoms with Crippen LogP contribution < -0.4 is 0 Å². The lowest BCUT2D eigenvalue weighted by molar-refractivity contribution is -0.155. The molecule has 0 aromatic heterocycles. The van der Waals surface area contributed by atoms with Gasteiger partial charge in [0.2, 0.25) is 5.91 Å². The minimum absolute atomic E-state index is 0.122. The van der Waals surface area contributed by atoms with Gasteiger partial charge in [-0.2, -0.15) is 0 Å². The zero-order valence-corrected chi connectivity index (χ0v) is 10.4. The van der Waals surface area contributed by atoms with Gasteiger partial charge in [-0.15, -0.1) is 0 Å². The molecule has 1 N–H and O–H groups in total. The Labute approximate surface area is 102 Å². The van der Waals surface area contributed by atoms with Gasteiger partial charge in [0.15, 0.2) is 0 Å². The van der Waals surface area contributed by atoms with E-state index < -0.39 is 11.4 Å². The molecule has 1 aliphatic heterocycles. The number of carbonyl (C=O) groups excluding carboxylic acids is 1. The molecule has 0 aromatic carbocycles. The van der Waals surface area contributed by atoms with Gasteiger partial charge in [-0.3, -0.25) is 9.59 Å². The molecule has 2 aliphatic rings. The van der Waals surface area contributed by atoms with Crippen LogP contribution in [0.15, 0.2) is 0 Å². The van der Waals surface area contributed by atoms with Gasteiger partial charge in [-0.25, -0.2) is 0 Å². The smallest absolute Gasteiger partial charge is 0.319 e. The van der Waals surface area contributed by atoms with Crippen LogP contribution in [-0.2, 0) is 9.59 Å². The SMILES string of the molecule is CCCC1CCCCN1C(=O)C1(C(=O)O)CC1. The second-order valence-electron chi connectivity index (χ2n) is 5.32. The summed E-state index contributed by atoms with van der Waals surface area (Å²) in [5.41, 5.74) is -1.05. The molecule has 4 heteroatoms. The highest BCUT2D eigenvalue weighted by Crippen LogP contribution is 2.48. The van der Waals surface area contributed by atoms with E-state index in [2.05, 4.69) is 6.92 Å². The summed E-state index contributed by atoms with van der Waals surface area (Å²) in [5.74, 6) is -1.05. The molecule has 1 unspecified atom stereocenters. The number of likely N-dealkylation sites (tertiary alicyclic amines) is 1. The van der Waals surface area contributed by atoms with Crippen molar-refractivity contribution in [2.24, 2.45) is 5.41 Å². The van der Waals surface area contributed by atoms with Crippen molar-refractivity contribution in [3.63, 3.8) is 0 Å². The molecule has 0 radical (unpaired) electrons. The van der Waals surface area contributed by atoms with Crippen molar-refractivity contribution in [1.29, 1.82) is 0 Å². The number of piperidine rings is 1. The monoisotopic (exact) mass is 239 g/mol. The van der Waals surface area contributed by atoms with E-state index in [9.17, 15) is 14.7 Å². The zero-order chi connectivity index (χ0) is 12.5. The normalized spacial score (nSPS) is 26.6. The maximum absolute atomic E-state index is 12.4. The summed E-state index contributed by atoms with van der Waals surface area (Å²) in [4.78, 5) is 25.4. The fourth-order valence-corrected chi connectivity index (χ4v) is 2.82. The Morgan fingerprint density at radius 2 is 2.06 bits per heavy atom. The molecule has 17 heavy (non-hydrogen) atoms. The van der Waals surface area contributed by atoms with Gasteiger partial charge in [0.1, 0.15) is 5.41 Å². The number of aliphatic carboxylic acids is 1. The first kappa shape index (κ1) is 12.4. The summed E-state index contributed by atoms with van der Waals surface area (Å²) in [6.45, 7) is 2.86. The third kappa shape index (κ3) is 2.17. The van der Waals surface area contributed by atoms with Crippen LogP contribution in [0.3, 0.4) is 0 Å². The predicted molar refractivity (Wildman–Crippen MR) is 63.6 cm³/mol. The number of amides is 1. The van der Waals surface area contributed by atoms with Gasteiger partial charge in [0.25, 0.3) is 0 Å². The lowest BCUT2D eigenvalue weighted by atomic mass is 9.95. The highest BCUT2D eigenvalue weighted by Gasteiger charge is 2.59. The van der Waals surface area contributed by atoms with Crippen molar-refractivity contribution in [3.8, 4) is 0 Å². The van der Waals surface area contributed by atoms with Crippen molar-refractivity contribution in [3.05, 3.63) is 0 Å². The number of nitrogens with zero attached hydrogens (tertiary/aromatic N) is 1. The molecule has 1 heterocycles. The Morgan fingerprint density at radius 1 is 1.35 bits per heavy atom. The largest absolute Gasteiger partial charge is 0.480 e. The topological polar surface area (TPSA) is 57.6 Å². The van der Waals surface area contributed by atoms with Crippen LogP contribution in [-0.4, -0.2) is 34.5 Å². The number of rotatable bonds is 4. The van der Waals surface area contributed by atoms with Gasteiger partial charge in [0, 0.05) is 12.6 Å². The number of carbonyl (C=O) groups is 2. The lowest BCUT2D eigenvalue weighted by Gasteiger charge is -2.37. The van der Waals surface area contributed by atoms with Crippen molar-refractivity contribution in [2.75, 3.05) is 6.54 Å². The van der Waals surface area contributed by atoms with Gasteiger partial charge < -0.3 is 10.0 Å². The first-order valence-electron chi connectivity index (χ1n) is 6.66. The van der Waals surface area contributed by atoms with Crippen molar-refractivity contribution in [2.45, 2.75) is 57.9 Å². The molecule has 2 rings (SSSR count). The van der Waals surface area contributed by atoms with Crippen LogP contribution in [0.2, 0.25) is 0 Å². The van der Waals surface area contributed by atoms with E-state index >= 15 is 0 Å². The number of carboxylic acids is 1. The molecule has 1 saturated heterocycles. The number of hydrogen-bond acceptors (Lipinski definition) is 2. The molecule has 1 aliphatic carbocycles. The first-order chi connectivity index (χ1) is 8.12. The second-order valence-corrected chi connectivity index (χ2v) is 5.32. The second kappa shape index (κ2) is 4.67. The van der Waals surface area contributed by atoms with Gasteiger partial charge in [-0.1, -0.05) is 13.3 Å². The van der Waals surface area contributed by atoms with E-state index in [1.807, 2.05) is 4.90 Å². The highest BCUT2D eigenvalue weighted by molar-refractivity contribution is 6.05. The maximum atomic E-state index is 12.4. The molecule has 1 amide bonds. The summed E-state index contributed by atoms with van der Waals surface area (Å²) in [6, 6.07) is 0.276. The molecular formula is C13H21NO3. The molecule has 0 aromatic rings. The van der Waals surface area contributed by atoms with E-state index in [0.717, 1.165) is 38.6 Å². The molecule has 0 bridgehead atoms. The molecule has 2 fully saturated rings. The van der Waals surface area contributed by atoms with Crippen LogP contribution in [0.25, 0.3) is 0 Å². The van der Waals surface area contributed by atoms with Crippen molar-refractivity contribution in [1.82, 2.24) is 4.90 Å². The van der Waals surface area contributed by atoms with Gasteiger partial charge >= 0.3 is 5.97 Å². The third-order valence-corrected chi connectivity index (χ3v) is 4.08. The average molecular weight is 239 g/mol. The minimum Gasteiger partial charge on any atom is -0.480 e. The van der Waals surface area contributed by atoms with Crippen LogP contribution in [0.5, 0.6) is 0 Å². The Hall–Kier alpha value is -1.06. The number of hydrogen-bond donors (Lipinski definition) is 1. The lowest BCUT2D eigenvalue weighted by Crippen LogP contribution is -2.48. The zero-order valence-electron chi connectivity index (χ0n) is 10.4. The van der Waals surface area contributed by atoms with Gasteiger partial charge in [-0.05, 0) is 38.5 Å². The first-order valence-corrected chi connectivity index (χ1v) is 6.66. The molecule has 1 atom stereocenters. The number of carboxylic acid groups (broad SMARTS) is 1. The molecule has 96 valence electrons. The fraction of sp³-hybridized carbons (Fsp3) is 0.846. The summed E-state index contributed by atoms with van der Waals surface area (Å²) >= 11 is 0. The van der Waals surface area contributed by atoms with Crippen LogP contribution in [0.1, 0.15) is 51.9 Å². The minimum atomic E-state index is -1.05. The Morgan fingerprint density at radius 3 is 2.59 bits per heavy atom. The average Bonchev–Trinajstić information content (AvgIpc) is 3.10. The van der Waals surface area contributed by atoms with Crippen LogP contribution >= 0.6 is 0 Å². The highest BCUT2D eigenvalue weighted by atomic mass is 16.4. The molecule has 4 nitrogen and oxygen atoms in total. The standard InChI is InChI=1S/C13H21NO3/c1-2-5-10-6-3-4-9-14(10)11(15)13(7-8-13)12(16)17/h10H,2-9H2,1H3,(H,16,17). The fourth-order valence-electron chi connectivity index (χ4n) is 2.82. The van der Waals surface area contributed by atoms with Crippen LogP contribution in [0, 0.1) is 5.41 Å². The van der Waals surface area contributed by atoms with E-state index in [4.69, 9.17) is 0 Å². The molecule has 0 spiro atoms. The van der Waals surface area contributed by atoms with E-state index in [1.165, 1.54) is 0 Å². The Bertz CT molecular complexity index is 321. The van der Waals surface area contributed by atoms with E-state index in [0.29, 0.717) is 12.8 Å². The van der Waals surface area contributed by atoms with E-state index in [-0.39, 0.29) is 11.9 Å². The molecule has 1 saturated carbocycles. The van der Waals surface area contributed by atoms with Crippen LogP contribution in [0.4, 0.5) is 0 Å². The Kier molecular flexibility index (Phi) is 3.40. The summed E-state index contributed by atoms with van der Waals surface area (Å²) in [6.07, 6.45) is 6.31. The summed E-state index contributed by atoms with van der Waals surface area (Å²) < 4.78 is 0. The maximum Gasteiger partial charge on any atom is 0.319 e. The van der Waals surface area contributed by atoms with E-state index in [1.54, 1.807) is 0 Å². The van der Waals surface area contributed by atoms with Gasteiger partial charge in [0.05, 0.1) is 0 Å². The Balaban J connectivity index is 2.09. The summed E-state index contributed by atoms with van der Waals surface area (Å²) in [5, 5.41) is 9.17. The quantitative estimate of drug-likeness (QED) is 0.764. The third-order valence-electron chi connectivity index (χ3n) is 4.08. The predicted octanol–water partition coefficient (Wildman–Crippen LogP) is 2.03. The van der Waals surface area contributed by atoms with Crippen molar-refractivity contribution >= 4 is 11.9 Å².